The monoisotopic (exact) mass is 913 g/mol. The molecule has 1 aliphatic rings. The van der Waals surface area contributed by atoms with Gasteiger partial charge >= 0.3 is 5.97 Å². The van der Waals surface area contributed by atoms with E-state index in [1.165, 1.54) is 6.92 Å². The second-order valence-corrected chi connectivity index (χ2v) is 22.6. The number of nitrogens with zero attached hydrogens (tertiary/aromatic N) is 9. The maximum atomic E-state index is 12.1. The molecule has 0 saturated carbocycles. The summed E-state index contributed by atoms with van der Waals surface area (Å²) in [7, 11) is -1.73. The highest BCUT2D eigenvalue weighted by atomic mass is 28.3. The van der Waals surface area contributed by atoms with Gasteiger partial charge in [0.05, 0.1) is 104 Å². The number of epoxide rings is 1. The molecule has 3 aromatic heterocycles. The van der Waals surface area contributed by atoms with Gasteiger partial charge in [0.25, 0.3) is 0 Å². The Bertz CT molecular complexity index is 2220. The van der Waals surface area contributed by atoms with Crippen molar-refractivity contribution in [3.63, 3.8) is 0 Å². The zero-order chi connectivity index (χ0) is 45.9. The summed E-state index contributed by atoms with van der Waals surface area (Å²) in [6.07, 6.45) is 4.31. The normalized spacial score (nSPS) is 15.3. The van der Waals surface area contributed by atoms with Crippen LogP contribution in [-0.4, -0.2) is 123 Å². The van der Waals surface area contributed by atoms with E-state index in [4.69, 9.17) is 37.9 Å². The molecule has 350 valence electrons. The zero-order valence-electron chi connectivity index (χ0n) is 38.4. The number of rotatable bonds is 28. The number of benzene rings is 2. The van der Waals surface area contributed by atoms with Crippen molar-refractivity contribution >= 4 is 14.0 Å². The van der Waals surface area contributed by atoms with E-state index in [0.717, 1.165) is 23.4 Å². The molecule has 6 rings (SSSR count). The molecule has 18 nitrogen and oxygen atoms in total. The Morgan fingerprint density at radius 3 is 1.60 bits per heavy atom. The Labute approximate surface area is 382 Å². The first-order valence-electron chi connectivity index (χ1n) is 21.9. The lowest BCUT2D eigenvalue weighted by molar-refractivity contribution is -0.150. The van der Waals surface area contributed by atoms with Crippen LogP contribution in [0.25, 0.3) is 0 Å². The van der Waals surface area contributed by atoms with Crippen molar-refractivity contribution in [2.45, 2.75) is 123 Å². The molecule has 0 unspecified atom stereocenters. The highest BCUT2D eigenvalue weighted by Gasteiger charge is 2.33. The van der Waals surface area contributed by atoms with Crippen molar-refractivity contribution in [1.29, 1.82) is 0 Å². The summed E-state index contributed by atoms with van der Waals surface area (Å²) in [5, 5.41) is 25.8. The molecule has 1 fully saturated rings. The summed E-state index contributed by atoms with van der Waals surface area (Å²) in [6, 6.07) is 19.9. The molecular weight excluding hydrogens is 851 g/mol. The maximum Gasteiger partial charge on any atom is 0.303 e. The summed E-state index contributed by atoms with van der Waals surface area (Å²) in [4.78, 5) is 12.1. The molecule has 0 spiro atoms. The number of carbonyl (C=O) groups is 1. The quantitative estimate of drug-likeness (QED) is 0.0215. The van der Waals surface area contributed by atoms with Crippen LogP contribution in [0.5, 0.6) is 0 Å². The Morgan fingerprint density at radius 2 is 1.14 bits per heavy atom. The zero-order valence-corrected chi connectivity index (χ0v) is 39.4. The standard InChI is InChI=1S/C46H63N9O9Si/c1-36(56)64-44(33-59-29-39-20-53(50-47-39)23-42(61-26-37-14-9-7-10-15-37)31-57-18-13-19-65(5,6)46(2,3)4)25-55-22-41(49-52-55)28-58-32-43(62-27-38-16-11-8-12-17-38)24-54-21-40(48-51-54)30-60-34-45-35-63-45/h7-12,14-17,20-22,42-45H,18,23-35H2,1-6H3/t42-,43-,44-,45+/m1/s1. The van der Waals surface area contributed by atoms with Gasteiger partial charge in [0.2, 0.25) is 0 Å². The summed E-state index contributed by atoms with van der Waals surface area (Å²) < 4.78 is 52.0. The summed E-state index contributed by atoms with van der Waals surface area (Å²) >= 11 is 0. The molecule has 0 N–H and O–H groups in total. The van der Waals surface area contributed by atoms with Gasteiger partial charge in [-0.2, -0.15) is 0 Å². The summed E-state index contributed by atoms with van der Waals surface area (Å²) in [5.74, 6) is 2.81. The summed E-state index contributed by atoms with van der Waals surface area (Å²) in [5.41, 5.74) is 7.53. The lowest BCUT2D eigenvalue weighted by Crippen LogP contribution is -2.35. The van der Waals surface area contributed by atoms with Gasteiger partial charge in [0.1, 0.15) is 56.2 Å². The minimum Gasteiger partial charge on any atom is -0.458 e. The SMILES string of the molecule is CC(=O)O[C@@H](COCc1cn(C[C@H](COCC#C[Si](C)(C)C(C)(C)C)OCc2ccccc2)nn1)Cn1cc(COC[C@@H](Cn2cc(COC[C@H]3CO3)nn2)OCc2ccccc2)nn1. The topological polar surface area (TPSA) is 186 Å². The van der Waals surface area contributed by atoms with Crippen molar-refractivity contribution in [2.24, 2.45) is 0 Å². The number of aromatic nitrogens is 9. The van der Waals surface area contributed by atoms with Gasteiger partial charge in [-0.25, -0.2) is 14.0 Å². The molecule has 1 aliphatic heterocycles. The molecule has 0 bridgehead atoms. The third-order valence-electron chi connectivity index (χ3n) is 10.7. The van der Waals surface area contributed by atoms with Gasteiger partial charge < -0.3 is 37.9 Å². The highest BCUT2D eigenvalue weighted by Crippen LogP contribution is 2.35. The second-order valence-electron chi connectivity index (χ2n) is 17.6. The fourth-order valence-electron chi connectivity index (χ4n) is 6.09. The van der Waals surface area contributed by atoms with Crippen LogP contribution in [0.3, 0.4) is 0 Å². The van der Waals surface area contributed by atoms with Crippen LogP contribution >= 0.6 is 0 Å². The van der Waals surface area contributed by atoms with Crippen molar-refractivity contribution in [3.05, 3.63) is 107 Å². The van der Waals surface area contributed by atoms with E-state index in [9.17, 15) is 4.79 Å². The van der Waals surface area contributed by atoms with Crippen molar-refractivity contribution in [3.8, 4) is 11.5 Å². The van der Waals surface area contributed by atoms with E-state index in [-0.39, 0.29) is 56.3 Å². The van der Waals surface area contributed by atoms with Gasteiger partial charge in [0, 0.05) is 6.92 Å². The molecular formula is C46H63N9O9Si. The average molecular weight is 914 g/mol. The van der Waals surface area contributed by atoms with E-state index in [0.29, 0.717) is 64.1 Å². The molecule has 0 radical (unpaired) electrons. The third-order valence-corrected chi connectivity index (χ3v) is 15.3. The highest BCUT2D eigenvalue weighted by molar-refractivity contribution is 6.87. The molecule has 4 atom stereocenters. The first-order valence-corrected chi connectivity index (χ1v) is 24.9. The van der Waals surface area contributed by atoms with Crippen molar-refractivity contribution < 1.29 is 42.7 Å². The first kappa shape index (κ1) is 49.3. The molecule has 2 aromatic carbocycles. The lowest BCUT2D eigenvalue weighted by Gasteiger charge is -2.31. The molecule has 0 amide bonds. The van der Waals surface area contributed by atoms with Gasteiger partial charge in [0.15, 0.2) is 0 Å². The van der Waals surface area contributed by atoms with E-state index < -0.39 is 20.1 Å². The molecule has 19 heteroatoms. The minimum atomic E-state index is -1.73. The lowest BCUT2D eigenvalue weighted by atomic mass is 10.2. The predicted octanol–water partition coefficient (Wildman–Crippen LogP) is 4.98. The predicted molar refractivity (Wildman–Crippen MR) is 240 cm³/mol. The Hall–Kier alpha value is -5.17. The van der Waals surface area contributed by atoms with Crippen LogP contribution in [-0.2, 0) is 95.4 Å². The fraction of sp³-hybridized carbons (Fsp3) is 0.543. The number of esters is 1. The van der Waals surface area contributed by atoms with E-state index in [1.54, 1.807) is 20.2 Å². The van der Waals surface area contributed by atoms with Gasteiger partial charge in [-0.05, 0) is 16.2 Å². The average Bonchev–Trinajstić information content (AvgIpc) is 3.56. The smallest absolute Gasteiger partial charge is 0.303 e. The van der Waals surface area contributed by atoms with Gasteiger partial charge in [-0.1, -0.05) is 116 Å². The van der Waals surface area contributed by atoms with Crippen LogP contribution in [0.15, 0.2) is 79.3 Å². The molecule has 0 aliphatic carbocycles. The Kier molecular flexibility index (Phi) is 18.9. The largest absolute Gasteiger partial charge is 0.458 e. The number of hydrogen-bond acceptors (Lipinski definition) is 15. The van der Waals surface area contributed by atoms with Crippen LogP contribution in [0.4, 0.5) is 0 Å². The fourth-order valence-corrected chi connectivity index (χ4v) is 6.97. The Balaban J connectivity index is 0.959. The molecule has 65 heavy (non-hydrogen) atoms. The van der Waals surface area contributed by atoms with Crippen LogP contribution in [0.1, 0.15) is 55.9 Å². The molecule has 4 heterocycles. The minimum absolute atomic E-state index is 0.0934. The van der Waals surface area contributed by atoms with E-state index in [2.05, 4.69) is 76.3 Å². The molecule has 5 aromatic rings. The van der Waals surface area contributed by atoms with Crippen LogP contribution in [0.2, 0.25) is 18.1 Å². The van der Waals surface area contributed by atoms with Crippen LogP contribution in [0, 0.1) is 11.5 Å². The van der Waals surface area contributed by atoms with E-state index >= 15 is 0 Å². The maximum absolute atomic E-state index is 12.1. The van der Waals surface area contributed by atoms with Crippen LogP contribution < -0.4 is 0 Å². The van der Waals surface area contributed by atoms with Crippen molar-refractivity contribution in [2.75, 3.05) is 39.6 Å². The number of carbonyl (C=O) groups excluding carboxylic acids is 1. The van der Waals surface area contributed by atoms with Crippen molar-refractivity contribution in [1.82, 2.24) is 45.0 Å². The first-order chi connectivity index (χ1) is 31.4. The van der Waals surface area contributed by atoms with E-state index in [1.807, 2.05) is 73.1 Å². The number of ether oxygens (including phenoxy) is 8. The van der Waals surface area contributed by atoms with Gasteiger partial charge in [-0.15, -0.1) is 20.8 Å². The summed E-state index contributed by atoms with van der Waals surface area (Å²) in [6.45, 7) is 17.5. The van der Waals surface area contributed by atoms with Gasteiger partial charge in [-0.3, -0.25) is 4.79 Å². The number of hydrogen-bond donors (Lipinski definition) is 0. The third kappa shape index (κ3) is 18.0. The Morgan fingerprint density at radius 1 is 0.692 bits per heavy atom. The second kappa shape index (κ2) is 24.9. The molecule has 1 saturated heterocycles.